The predicted molar refractivity (Wildman–Crippen MR) is 57.3 cm³/mol. The van der Waals surface area contributed by atoms with Gasteiger partial charge in [0.05, 0.1) is 5.52 Å². The van der Waals surface area contributed by atoms with Crippen LogP contribution in [-0.2, 0) is 0 Å². The van der Waals surface area contributed by atoms with Crippen LogP contribution in [0.4, 0.5) is 0 Å². The molecule has 0 bridgehead atoms. The van der Waals surface area contributed by atoms with Crippen molar-refractivity contribution in [1.29, 1.82) is 0 Å². The molecule has 3 nitrogen and oxygen atoms in total. The van der Waals surface area contributed by atoms with E-state index in [9.17, 15) is 0 Å². The molecule has 4 heteroatoms. The van der Waals surface area contributed by atoms with Crippen molar-refractivity contribution in [2.75, 3.05) is 0 Å². The highest BCUT2D eigenvalue weighted by Gasteiger charge is 2.06. The van der Waals surface area contributed by atoms with E-state index in [1.54, 1.807) is 6.20 Å². The molecule has 1 N–H and O–H groups in total. The fourth-order valence-electron chi connectivity index (χ4n) is 1.21. The van der Waals surface area contributed by atoms with Gasteiger partial charge in [-0.1, -0.05) is 13.8 Å². The van der Waals surface area contributed by atoms with Crippen molar-refractivity contribution < 1.29 is 0 Å². The number of rotatable bonds is 1. The Kier molecular flexibility index (Phi) is 2.04. The quantitative estimate of drug-likeness (QED) is 0.698. The highest BCUT2D eigenvalue weighted by atomic mass is 31.0. The van der Waals surface area contributed by atoms with Crippen molar-refractivity contribution in [3.8, 4) is 0 Å². The zero-order valence-corrected chi connectivity index (χ0v) is 8.86. The van der Waals surface area contributed by atoms with Crippen LogP contribution in [0.1, 0.15) is 25.6 Å². The number of nitrogens with zero attached hydrogens (tertiary/aromatic N) is 2. The molecule has 0 spiro atoms. The Balaban J connectivity index is 2.62. The average molecular weight is 193 g/mol. The maximum absolute atomic E-state index is 4.38. The first-order valence-electron chi connectivity index (χ1n) is 4.28. The molecule has 0 fully saturated rings. The molecule has 2 heterocycles. The third kappa shape index (κ3) is 1.56. The Bertz CT molecular complexity index is 433. The van der Waals surface area contributed by atoms with Crippen LogP contribution < -0.4 is 5.30 Å². The highest BCUT2D eigenvalue weighted by Crippen LogP contribution is 2.14. The van der Waals surface area contributed by atoms with Crippen LogP contribution in [0.25, 0.3) is 11.2 Å². The lowest BCUT2D eigenvalue weighted by Gasteiger charge is -1.95. The number of aromatic nitrogens is 3. The number of fused-ring (bicyclic) bond motifs is 1. The van der Waals surface area contributed by atoms with Crippen molar-refractivity contribution in [1.82, 2.24) is 15.0 Å². The smallest absolute Gasteiger partial charge is 0.177 e. The molecule has 1 atom stereocenters. The molecule has 0 aliphatic rings. The lowest BCUT2D eigenvalue weighted by molar-refractivity contribution is 0.798. The average Bonchev–Trinajstić information content (AvgIpc) is 2.46. The third-order valence-electron chi connectivity index (χ3n) is 1.92. The first-order chi connectivity index (χ1) is 6.16. The highest BCUT2D eigenvalue weighted by molar-refractivity contribution is 7.27. The summed E-state index contributed by atoms with van der Waals surface area (Å²) in [5.41, 5.74) is 1.81. The zero-order chi connectivity index (χ0) is 9.42. The predicted octanol–water partition coefficient (Wildman–Crippen LogP) is 1.58. The maximum Gasteiger partial charge on any atom is 0.177 e. The van der Waals surface area contributed by atoms with Crippen molar-refractivity contribution in [2.24, 2.45) is 0 Å². The number of nitrogens with one attached hydrogen (secondary N) is 1. The molecular formula is C9H12N3P. The van der Waals surface area contributed by atoms with E-state index in [1.807, 2.05) is 6.07 Å². The monoisotopic (exact) mass is 193 g/mol. The summed E-state index contributed by atoms with van der Waals surface area (Å²) in [4.78, 5) is 11.8. The van der Waals surface area contributed by atoms with Crippen LogP contribution >= 0.6 is 9.24 Å². The van der Waals surface area contributed by atoms with E-state index < -0.39 is 0 Å². The van der Waals surface area contributed by atoms with Gasteiger partial charge in [0.25, 0.3) is 0 Å². The maximum atomic E-state index is 4.38. The standard InChI is InChI=1S/C9H12N3P/c1-5(2)8-11-7-3-6(13)4-10-9(7)12-8/h3-5H,13H2,1-2H3,(H,10,11,12). The van der Waals surface area contributed by atoms with Gasteiger partial charge in [0, 0.05) is 12.1 Å². The summed E-state index contributed by atoms with van der Waals surface area (Å²) in [7, 11) is 2.62. The summed E-state index contributed by atoms with van der Waals surface area (Å²) in [6.07, 6.45) is 1.80. The number of aromatic amines is 1. The molecule has 0 aromatic carbocycles. The normalized spacial score (nSPS) is 11.4. The van der Waals surface area contributed by atoms with Gasteiger partial charge in [-0.05, 0) is 11.4 Å². The summed E-state index contributed by atoms with van der Waals surface area (Å²) in [6.45, 7) is 4.22. The summed E-state index contributed by atoms with van der Waals surface area (Å²) in [6, 6.07) is 2.03. The van der Waals surface area contributed by atoms with Crippen molar-refractivity contribution in [2.45, 2.75) is 19.8 Å². The molecule has 1 unspecified atom stereocenters. The van der Waals surface area contributed by atoms with Gasteiger partial charge in [-0.2, -0.15) is 0 Å². The molecule has 2 rings (SSSR count). The molecule has 2 aromatic rings. The molecule has 68 valence electrons. The van der Waals surface area contributed by atoms with Crippen LogP contribution in [0, 0.1) is 0 Å². The van der Waals surface area contributed by atoms with Gasteiger partial charge in [0.1, 0.15) is 5.82 Å². The summed E-state index contributed by atoms with van der Waals surface area (Å²) in [5, 5.41) is 1.08. The van der Waals surface area contributed by atoms with Crippen molar-refractivity contribution >= 4 is 25.7 Å². The Hall–Kier alpha value is -0.950. The second-order valence-corrected chi connectivity index (χ2v) is 4.08. The second kappa shape index (κ2) is 3.08. The lowest BCUT2D eigenvalue weighted by Crippen LogP contribution is -1.90. The topological polar surface area (TPSA) is 41.6 Å². The molecule has 0 aliphatic carbocycles. The van der Waals surface area contributed by atoms with E-state index in [2.05, 4.69) is 38.0 Å². The summed E-state index contributed by atoms with van der Waals surface area (Å²) < 4.78 is 0. The van der Waals surface area contributed by atoms with Gasteiger partial charge in [0.15, 0.2) is 5.65 Å². The SMILES string of the molecule is CC(C)c1nc2ncc(P)cc2[nH]1. The van der Waals surface area contributed by atoms with Gasteiger partial charge in [-0.15, -0.1) is 9.24 Å². The van der Waals surface area contributed by atoms with Crippen LogP contribution in [0.5, 0.6) is 0 Å². The van der Waals surface area contributed by atoms with Gasteiger partial charge >= 0.3 is 0 Å². The molecule has 0 saturated carbocycles. The third-order valence-corrected chi connectivity index (χ3v) is 2.24. The van der Waals surface area contributed by atoms with Gasteiger partial charge in [0.2, 0.25) is 0 Å². The largest absolute Gasteiger partial charge is 0.340 e. The fraction of sp³-hybridized carbons (Fsp3) is 0.333. The molecule has 0 saturated heterocycles. The molecule has 13 heavy (non-hydrogen) atoms. The van der Waals surface area contributed by atoms with E-state index in [0.29, 0.717) is 5.92 Å². The molecule has 2 aromatic heterocycles. The second-order valence-electron chi connectivity index (χ2n) is 3.42. The van der Waals surface area contributed by atoms with Gasteiger partial charge in [-0.3, -0.25) is 0 Å². The molecule has 0 amide bonds. The zero-order valence-electron chi connectivity index (χ0n) is 7.70. The Labute approximate surface area is 79.2 Å². The minimum Gasteiger partial charge on any atom is -0.340 e. The van der Waals surface area contributed by atoms with E-state index in [4.69, 9.17) is 0 Å². The van der Waals surface area contributed by atoms with Crippen LogP contribution in [-0.4, -0.2) is 15.0 Å². The Morgan fingerprint density at radius 3 is 2.92 bits per heavy atom. The summed E-state index contributed by atoms with van der Waals surface area (Å²) >= 11 is 0. The van der Waals surface area contributed by atoms with Crippen molar-refractivity contribution in [3.63, 3.8) is 0 Å². The molecular weight excluding hydrogens is 181 g/mol. The number of imidazole rings is 1. The van der Waals surface area contributed by atoms with E-state index >= 15 is 0 Å². The minimum atomic E-state index is 0.419. The van der Waals surface area contributed by atoms with Crippen LogP contribution in [0.3, 0.4) is 0 Å². The number of hydrogen-bond acceptors (Lipinski definition) is 2. The molecule has 0 radical (unpaired) electrons. The van der Waals surface area contributed by atoms with Crippen LogP contribution in [0.2, 0.25) is 0 Å². The summed E-state index contributed by atoms with van der Waals surface area (Å²) in [5.74, 6) is 1.42. The number of hydrogen-bond donors (Lipinski definition) is 1. The lowest BCUT2D eigenvalue weighted by atomic mass is 10.2. The first kappa shape index (κ1) is 8.64. The Morgan fingerprint density at radius 2 is 2.23 bits per heavy atom. The van der Waals surface area contributed by atoms with Gasteiger partial charge < -0.3 is 4.98 Å². The van der Waals surface area contributed by atoms with Crippen molar-refractivity contribution in [3.05, 3.63) is 18.1 Å². The number of H-pyrrole nitrogens is 1. The fourth-order valence-corrected chi connectivity index (χ4v) is 1.45. The van der Waals surface area contributed by atoms with E-state index in [0.717, 1.165) is 22.3 Å². The van der Waals surface area contributed by atoms with Crippen LogP contribution in [0.15, 0.2) is 12.3 Å². The Morgan fingerprint density at radius 1 is 1.46 bits per heavy atom. The number of pyridine rings is 1. The minimum absolute atomic E-state index is 0.419. The molecule has 0 aliphatic heterocycles. The van der Waals surface area contributed by atoms with E-state index in [1.165, 1.54) is 0 Å². The van der Waals surface area contributed by atoms with E-state index in [-0.39, 0.29) is 0 Å². The first-order valence-corrected chi connectivity index (χ1v) is 4.85. The van der Waals surface area contributed by atoms with Gasteiger partial charge in [-0.25, -0.2) is 9.97 Å².